The van der Waals surface area contributed by atoms with Crippen molar-refractivity contribution in [3.8, 4) is 0 Å². The van der Waals surface area contributed by atoms with Crippen molar-refractivity contribution in [3.63, 3.8) is 0 Å². The third-order valence-electron chi connectivity index (χ3n) is 3.63. The van der Waals surface area contributed by atoms with E-state index in [-0.39, 0.29) is 12.6 Å². The minimum atomic E-state index is -0.555. The minimum absolute atomic E-state index is 0.129. The quantitative estimate of drug-likeness (QED) is 0.558. The normalized spacial score (nSPS) is 12.0. The van der Waals surface area contributed by atoms with E-state index in [1.165, 1.54) is 0 Å². The Balaban J connectivity index is 1.55. The van der Waals surface area contributed by atoms with Gasteiger partial charge in [0.2, 0.25) is 0 Å². The molecule has 0 amide bonds. The van der Waals surface area contributed by atoms with Crippen molar-refractivity contribution in [2.24, 2.45) is 5.73 Å². The van der Waals surface area contributed by atoms with E-state index in [0.717, 1.165) is 16.5 Å². The summed E-state index contributed by atoms with van der Waals surface area (Å²) in [6.45, 7) is 0.129. The largest absolute Gasteiger partial charge is 0.373 e. The summed E-state index contributed by atoms with van der Waals surface area (Å²) in [4.78, 5) is 26.3. The number of fused-ring (bicyclic) bond motifs is 1. The third-order valence-corrected chi connectivity index (χ3v) is 3.63. The smallest absolute Gasteiger partial charge is 0.325 e. The molecule has 0 aliphatic rings. The van der Waals surface area contributed by atoms with Gasteiger partial charge in [-0.2, -0.15) is 4.89 Å². The Morgan fingerprint density at radius 3 is 2.62 bits per heavy atom. The molecule has 1 aromatic heterocycles. The monoisotopic (exact) mass is 322 g/mol. The number of hydrogen-bond acceptors (Lipinski definition) is 5. The van der Waals surface area contributed by atoms with Crippen LogP contribution in [0.15, 0.2) is 66.9 Å². The predicted octanol–water partition coefficient (Wildman–Crippen LogP) is 2.89. The number of nitrogens with two attached hydrogens (primary N) is 1. The fourth-order valence-corrected chi connectivity index (χ4v) is 2.47. The molecule has 0 fully saturated rings. The van der Waals surface area contributed by atoms with Crippen LogP contribution in [0.1, 0.15) is 15.9 Å². The van der Waals surface area contributed by atoms with E-state index in [4.69, 9.17) is 15.5 Å². The first-order chi connectivity index (χ1) is 11.7. The molecule has 2 N–H and O–H groups in total. The molecule has 0 saturated carbocycles. The van der Waals surface area contributed by atoms with Gasteiger partial charge in [-0.3, -0.25) is 9.87 Å². The molecular formula is C19H18N2O3. The average Bonchev–Trinajstić information content (AvgIpc) is 2.62. The van der Waals surface area contributed by atoms with E-state index in [9.17, 15) is 4.79 Å². The molecule has 0 aliphatic heterocycles. The molecule has 1 atom stereocenters. The van der Waals surface area contributed by atoms with Crippen LogP contribution in [0.25, 0.3) is 10.9 Å². The van der Waals surface area contributed by atoms with Crippen LogP contribution >= 0.6 is 0 Å². The van der Waals surface area contributed by atoms with Crippen LogP contribution in [0.2, 0.25) is 0 Å². The van der Waals surface area contributed by atoms with Gasteiger partial charge in [0.15, 0.2) is 0 Å². The lowest BCUT2D eigenvalue weighted by Gasteiger charge is -2.11. The highest BCUT2D eigenvalue weighted by atomic mass is 17.2. The molecule has 0 unspecified atom stereocenters. The van der Waals surface area contributed by atoms with Crippen molar-refractivity contribution in [1.82, 2.24) is 4.98 Å². The van der Waals surface area contributed by atoms with E-state index >= 15 is 0 Å². The molecule has 3 aromatic rings. The van der Waals surface area contributed by atoms with Gasteiger partial charge in [0.05, 0.1) is 11.1 Å². The van der Waals surface area contributed by atoms with Gasteiger partial charge in [-0.15, -0.1) is 0 Å². The van der Waals surface area contributed by atoms with Gasteiger partial charge in [-0.25, -0.2) is 4.79 Å². The minimum Gasteiger partial charge on any atom is -0.325 e. The zero-order chi connectivity index (χ0) is 16.8. The lowest BCUT2D eigenvalue weighted by atomic mass is 10.1. The highest BCUT2D eigenvalue weighted by molar-refractivity contribution is 6.02. The summed E-state index contributed by atoms with van der Waals surface area (Å²) < 4.78 is 0. The molecule has 24 heavy (non-hydrogen) atoms. The number of para-hydroxylation sites is 1. The Bertz CT molecular complexity index is 816. The van der Waals surface area contributed by atoms with E-state index in [2.05, 4.69) is 4.98 Å². The molecule has 1 heterocycles. The van der Waals surface area contributed by atoms with Crippen LogP contribution in [-0.2, 0) is 16.2 Å². The summed E-state index contributed by atoms with van der Waals surface area (Å²) in [5.41, 5.74) is 8.25. The number of carbonyl (C=O) groups excluding carboxylic acids is 1. The van der Waals surface area contributed by atoms with Crippen molar-refractivity contribution in [1.29, 1.82) is 0 Å². The highest BCUT2D eigenvalue weighted by Crippen LogP contribution is 2.17. The Labute approximate surface area is 140 Å². The Kier molecular flexibility index (Phi) is 5.15. The molecule has 0 spiro atoms. The maximum absolute atomic E-state index is 12.2. The van der Waals surface area contributed by atoms with Crippen molar-refractivity contribution in [2.75, 3.05) is 6.61 Å². The number of hydrogen-bond donors (Lipinski definition) is 1. The summed E-state index contributed by atoms with van der Waals surface area (Å²) in [5.74, 6) is -0.555. The number of pyridine rings is 1. The zero-order valence-corrected chi connectivity index (χ0v) is 13.1. The molecule has 3 rings (SSSR count). The molecule has 0 aliphatic carbocycles. The summed E-state index contributed by atoms with van der Waals surface area (Å²) in [6.07, 6.45) is 2.22. The molecule has 0 bridgehead atoms. The molecule has 5 heteroatoms. The lowest BCUT2D eigenvalue weighted by molar-refractivity contribution is -0.243. The fourth-order valence-electron chi connectivity index (χ4n) is 2.47. The van der Waals surface area contributed by atoms with Crippen LogP contribution in [0, 0.1) is 0 Å². The van der Waals surface area contributed by atoms with Crippen molar-refractivity contribution >= 4 is 16.9 Å². The summed E-state index contributed by atoms with van der Waals surface area (Å²) in [7, 11) is 0. The standard InChI is InChI=1S/C19H18N2O3/c20-15(12-14-6-2-1-3-7-14)13-23-24-19(22)17-10-11-21-18-9-5-4-8-16(17)18/h1-11,15H,12-13,20H2/t15-/m1/s1. The molecular weight excluding hydrogens is 304 g/mol. The molecule has 0 saturated heterocycles. The molecule has 2 aromatic carbocycles. The maximum Gasteiger partial charge on any atom is 0.373 e. The summed E-state index contributed by atoms with van der Waals surface area (Å²) in [6, 6.07) is 18.6. The lowest BCUT2D eigenvalue weighted by Crippen LogP contribution is -2.29. The maximum atomic E-state index is 12.2. The van der Waals surface area contributed by atoms with Crippen LogP contribution in [-0.4, -0.2) is 23.6 Å². The zero-order valence-electron chi connectivity index (χ0n) is 13.1. The topological polar surface area (TPSA) is 74.4 Å². The van der Waals surface area contributed by atoms with Crippen LogP contribution < -0.4 is 5.73 Å². The Morgan fingerprint density at radius 1 is 1.04 bits per heavy atom. The van der Waals surface area contributed by atoms with Gasteiger partial charge in [-0.05, 0) is 24.1 Å². The fraction of sp³-hybridized carbons (Fsp3) is 0.158. The highest BCUT2D eigenvalue weighted by Gasteiger charge is 2.14. The van der Waals surface area contributed by atoms with Crippen molar-refractivity contribution < 1.29 is 14.6 Å². The van der Waals surface area contributed by atoms with Gasteiger partial charge < -0.3 is 5.73 Å². The first kappa shape index (κ1) is 16.1. The van der Waals surface area contributed by atoms with E-state index < -0.39 is 5.97 Å². The first-order valence-electron chi connectivity index (χ1n) is 7.71. The van der Waals surface area contributed by atoms with Gasteiger partial charge in [-0.1, -0.05) is 48.5 Å². The first-order valence-corrected chi connectivity index (χ1v) is 7.71. The second kappa shape index (κ2) is 7.68. The number of benzene rings is 2. The predicted molar refractivity (Wildman–Crippen MR) is 91.2 cm³/mol. The second-order valence-corrected chi connectivity index (χ2v) is 5.48. The second-order valence-electron chi connectivity index (χ2n) is 5.48. The van der Waals surface area contributed by atoms with Crippen LogP contribution in [0.5, 0.6) is 0 Å². The summed E-state index contributed by atoms with van der Waals surface area (Å²) in [5, 5.41) is 0.724. The SMILES string of the molecule is N[C@@H](COOC(=O)c1ccnc2ccccc12)Cc1ccccc1. The van der Waals surface area contributed by atoms with Crippen molar-refractivity contribution in [3.05, 3.63) is 78.0 Å². The molecule has 5 nitrogen and oxygen atoms in total. The van der Waals surface area contributed by atoms with Crippen LogP contribution in [0.3, 0.4) is 0 Å². The van der Waals surface area contributed by atoms with Crippen LogP contribution in [0.4, 0.5) is 0 Å². The van der Waals surface area contributed by atoms with Gasteiger partial charge in [0.1, 0.15) is 6.61 Å². The van der Waals surface area contributed by atoms with Gasteiger partial charge >= 0.3 is 5.97 Å². The third kappa shape index (κ3) is 3.95. The number of nitrogens with zero attached hydrogens (tertiary/aromatic N) is 1. The number of rotatable bonds is 6. The average molecular weight is 322 g/mol. The number of aromatic nitrogens is 1. The van der Waals surface area contributed by atoms with E-state index in [1.807, 2.05) is 54.6 Å². The van der Waals surface area contributed by atoms with Gasteiger partial charge in [0.25, 0.3) is 0 Å². The molecule has 122 valence electrons. The van der Waals surface area contributed by atoms with Gasteiger partial charge in [0, 0.05) is 17.6 Å². The van der Waals surface area contributed by atoms with E-state index in [0.29, 0.717) is 12.0 Å². The van der Waals surface area contributed by atoms with Crippen molar-refractivity contribution in [2.45, 2.75) is 12.5 Å². The Morgan fingerprint density at radius 2 is 1.79 bits per heavy atom. The van der Waals surface area contributed by atoms with E-state index in [1.54, 1.807) is 12.3 Å². The number of carbonyl (C=O) groups is 1. The summed E-state index contributed by atoms with van der Waals surface area (Å²) >= 11 is 0. The molecule has 0 radical (unpaired) electrons. The Hall–Kier alpha value is -2.76.